The van der Waals surface area contributed by atoms with E-state index in [0.29, 0.717) is 6.42 Å². The highest BCUT2D eigenvalue weighted by molar-refractivity contribution is 5.66. The van der Waals surface area contributed by atoms with E-state index >= 15 is 0 Å². The molecule has 4 heteroatoms. The molecular weight excluding hydrogens is 220 g/mol. The second kappa shape index (κ2) is 4.91. The van der Waals surface area contributed by atoms with Crippen molar-refractivity contribution in [1.29, 1.82) is 0 Å². The zero-order valence-electron chi connectivity index (χ0n) is 9.86. The summed E-state index contributed by atoms with van der Waals surface area (Å²) < 4.78 is 15.3. The second-order valence-corrected chi connectivity index (χ2v) is 3.94. The van der Waals surface area contributed by atoms with E-state index in [1.165, 1.54) is 13.2 Å². The highest BCUT2D eigenvalue weighted by Gasteiger charge is 2.13. The van der Waals surface area contributed by atoms with Crippen LogP contribution in [-0.2, 0) is 16.0 Å². The highest BCUT2D eigenvalue weighted by Crippen LogP contribution is 2.32. The van der Waals surface area contributed by atoms with Crippen molar-refractivity contribution in [2.24, 2.45) is 0 Å². The highest BCUT2D eigenvalue weighted by atomic mass is 16.7. The molecule has 4 nitrogen and oxygen atoms in total. The lowest BCUT2D eigenvalue weighted by Crippen LogP contribution is -1.94. The van der Waals surface area contributed by atoms with Crippen LogP contribution in [0.3, 0.4) is 0 Å². The molecule has 0 unspecified atom stereocenters. The van der Waals surface area contributed by atoms with Gasteiger partial charge in [0.15, 0.2) is 11.5 Å². The van der Waals surface area contributed by atoms with E-state index in [0.717, 1.165) is 22.6 Å². The largest absolute Gasteiger partial charge is 0.454 e. The number of ether oxygens (including phenoxy) is 3. The minimum Gasteiger partial charge on any atom is -0.454 e. The van der Waals surface area contributed by atoms with E-state index in [4.69, 9.17) is 14.2 Å². The second-order valence-electron chi connectivity index (χ2n) is 3.94. The van der Waals surface area contributed by atoms with Crippen LogP contribution in [0.1, 0.15) is 19.4 Å². The van der Waals surface area contributed by atoms with Crippen LogP contribution < -0.4 is 9.47 Å². The third-order valence-corrected chi connectivity index (χ3v) is 2.35. The summed E-state index contributed by atoms with van der Waals surface area (Å²) in [5, 5.41) is 0. The van der Waals surface area contributed by atoms with Crippen molar-refractivity contribution < 1.29 is 19.0 Å². The zero-order chi connectivity index (χ0) is 12.3. The molecule has 17 heavy (non-hydrogen) atoms. The summed E-state index contributed by atoms with van der Waals surface area (Å²) in [5.74, 6) is 1.23. The van der Waals surface area contributed by atoms with Gasteiger partial charge in [0.1, 0.15) is 0 Å². The number of carbonyl (C=O) groups is 1. The number of hydrogen-bond acceptors (Lipinski definition) is 4. The van der Waals surface area contributed by atoms with Gasteiger partial charge in [-0.15, -0.1) is 0 Å². The third kappa shape index (κ3) is 3.00. The van der Waals surface area contributed by atoms with Gasteiger partial charge < -0.3 is 14.2 Å². The number of fused-ring (bicyclic) bond motifs is 1. The average molecular weight is 234 g/mol. The molecule has 0 aliphatic carbocycles. The molecule has 1 aliphatic heterocycles. The quantitative estimate of drug-likeness (QED) is 0.595. The number of carbonyl (C=O) groups excluding carboxylic acids is 1. The Balaban J connectivity index is 2.04. The van der Waals surface area contributed by atoms with Crippen molar-refractivity contribution in [3.63, 3.8) is 0 Å². The molecule has 1 heterocycles. The topological polar surface area (TPSA) is 44.8 Å². The standard InChI is InChI=1S/C13H14O4/c1-9(7-15-10(2)14)5-11-3-4-12-13(6-11)17-8-16-12/h3-4,6-7H,5,8H2,1-2H3. The first-order valence-electron chi connectivity index (χ1n) is 5.36. The maximum Gasteiger partial charge on any atom is 0.307 e. The average Bonchev–Trinajstić information content (AvgIpc) is 2.73. The van der Waals surface area contributed by atoms with Gasteiger partial charge in [0, 0.05) is 6.92 Å². The van der Waals surface area contributed by atoms with Crippen LogP contribution in [0.4, 0.5) is 0 Å². The number of allylic oxidation sites excluding steroid dienone is 1. The summed E-state index contributed by atoms with van der Waals surface area (Å²) in [5.41, 5.74) is 2.06. The van der Waals surface area contributed by atoms with E-state index in [9.17, 15) is 4.79 Å². The molecule has 0 spiro atoms. The monoisotopic (exact) mass is 234 g/mol. The van der Waals surface area contributed by atoms with Crippen LogP contribution in [0.5, 0.6) is 11.5 Å². The van der Waals surface area contributed by atoms with Gasteiger partial charge in [-0.25, -0.2) is 0 Å². The van der Waals surface area contributed by atoms with Crippen molar-refractivity contribution in [2.75, 3.05) is 6.79 Å². The Morgan fingerprint density at radius 1 is 1.35 bits per heavy atom. The Morgan fingerprint density at radius 2 is 2.12 bits per heavy atom. The molecule has 0 radical (unpaired) electrons. The van der Waals surface area contributed by atoms with Crippen LogP contribution in [0, 0.1) is 0 Å². The van der Waals surface area contributed by atoms with Crippen LogP contribution in [0.15, 0.2) is 30.0 Å². The van der Waals surface area contributed by atoms with Crippen LogP contribution >= 0.6 is 0 Å². The van der Waals surface area contributed by atoms with Gasteiger partial charge in [-0.05, 0) is 36.6 Å². The minimum absolute atomic E-state index is 0.279. The molecule has 1 aliphatic rings. The predicted molar refractivity (Wildman–Crippen MR) is 61.8 cm³/mol. The van der Waals surface area contributed by atoms with Gasteiger partial charge >= 0.3 is 5.97 Å². The van der Waals surface area contributed by atoms with Crippen LogP contribution in [0.25, 0.3) is 0 Å². The normalized spacial score (nSPS) is 13.6. The zero-order valence-corrected chi connectivity index (χ0v) is 9.86. The van der Waals surface area contributed by atoms with E-state index in [-0.39, 0.29) is 12.8 Å². The predicted octanol–water partition coefficient (Wildman–Crippen LogP) is 2.42. The van der Waals surface area contributed by atoms with E-state index in [1.807, 2.05) is 25.1 Å². The van der Waals surface area contributed by atoms with Crippen LogP contribution in [-0.4, -0.2) is 12.8 Å². The summed E-state index contributed by atoms with van der Waals surface area (Å²) in [6.07, 6.45) is 2.19. The molecule has 0 atom stereocenters. The number of hydrogen-bond donors (Lipinski definition) is 0. The van der Waals surface area contributed by atoms with Gasteiger partial charge in [-0.3, -0.25) is 4.79 Å². The fourth-order valence-corrected chi connectivity index (χ4v) is 1.60. The van der Waals surface area contributed by atoms with E-state index in [2.05, 4.69) is 0 Å². The van der Waals surface area contributed by atoms with Crippen molar-refractivity contribution in [3.05, 3.63) is 35.6 Å². The Hall–Kier alpha value is -1.97. The van der Waals surface area contributed by atoms with Gasteiger partial charge in [0.05, 0.1) is 6.26 Å². The molecule has 0 N–H and O–H groups in total. The summed E-state index contributed by atoms with van der Waals surface area (Å²) in [4.78, 5) is 10.7. The summed E-state index contributed by atoms with van der Waals surface area (Å²) >= 11 is 0. The number of benzene rings is 1. The Morgan fingerprint density at radius 3 is 2.88 bits per heavy atom. The number of esters is 1. The van der Waals surface area contributed by atoms with Gasteiger partial charge in [-0.1, -0.05) is 6.07 Å². The maximum atomic E-state index is 10.7. The first kappa shape index (κ1) is 11.5. The van der Waals surface area contributed by atoms with E-state index in [1.54, 1.807) is 0 Å². The molecular formula is C13H14O4. The summed E-state index contributed by atoms with van der Waals surface area (Å²) in [7, 11) is 0. The lowest BCUT2D eigenvalue weighted by Gasteiger charge is -2.03. The molecule has 0 bridgehead atoms. The fraction of sp³-hybridized carbons (Fsp3) is 0.308. The first-order valence-corrected chi connectivity index (χ1v) is 5.36. The van der Waals surface area contributed by atoms with E-state index < -0.39 is 0 Å². The molecule has 0 amide bonds. The maximum absolute atomic E-state index is 10.7. The van der Waals surface area contributed by atoms with Gasteiger partial charge in [-0.2, -0.15) is 0 Å². The molecule has 1 aromatic rings. The summed E-state index contributed by atoms with van der Waals surface area (Å²) in [6, 6.07) is 5.79. The molecule has 1 aromatic carbocycles. The van der Waals surface area contributed by atoms with Crippen molar-refractivity contribution in [2.45, 2.75) is 20.3 Å². The molecule has 0 saturated carbocycles. The van der Waals surface area contributed by atoms with Crippen molar-refractivity contribution in [3.8, 4) is 11.5 Å². The Labute approximate surface area is 99.8 Å². The summed E-state index contributed by atoms with van der Waals surface area (Å²) in [6.45, 7) is 3.57. The van der Waals surface area contributed by atoms with Gasteiger partial charge in [0.2, 0.25) is 6.79 Å². The molecule has 2 rings (SSSR count). The molecule has 0 aromatic heterocycles. The first-order chi connectivity index (χ1) is 8.15. The van der Waals surface area contributed by atoms with Crippen molar-refractivity contribution in [1.82, 2.24) is 0 Å². The number of rotatable bonds is 3. The van der Waals surface area contributed by atoms with Gasteiger partial charge in [0.25, 0.3) is 0 Å². The molecule has 90 valence electrons. The molecule has 0 saturated heterocycles. The van der Waals surface area contributed by atoms with Crippen LogP contribution in [0.2, 0.25) is 0 Å². The molecule has 0 fully saturated rings. The lowest BCUT2D eigenvalue weighted by molar-refractivity contribution is -0.135. The smallest absolute Gasteiger partial charge is 0.307 e. The lowest BCUT2D eigenvalue weighted by atomic mass is 10.1. The van der Waals surface area contributed by atoms with Crippen molar-refractivity contribution >= 4 is 5.97 Å². The minimum atomic E-state index is -0.310. The fourth-order valence-electron chi connectivity index (χ4n) is 1.60. The third-order valence-electron chi connectivity index (χ3n) is 2.35. The Bertz CT molecular complexity index is 462. The Kier molecular flexibility index (Phi) is 3.32. The SMILES string of the molecule is CC(=O)OC=C(C)Cc1ccc2c(c1)OCO2.